The van der Waals surface area contributed by atoms with Crippen molar-refractivity contribution in [3.63, 3.8) is 0 Å². The number of hydrogen-bond acceptors (Lipinski definition) is 1. The SMILES string of the molecule is C=C(/C=C\C=C/C)C(C)=N. The van der Waals surface area contributed by atoms with E-state index >= 15 is 0 Å². The van der Waals surface area contributed by atoms with Crippen molar-refractivity contribution >= 4 is 5.71 Å². The van der Waals surface area contributed by atoms with Crippen molar-refractivity contribution in [3.05, 3.63) is 36.5 Å². The molecular formula is C9H13N. The Hall–Kier alpha value is -1.11. The van der Waals surface area contributed by atoms with E-state index in [1.165, 1.54) is 0 Å². The monoisotopic (exact) mass is 135 g/mol. The van der Waals surface area contributed by atoms with E-state index in [2.05, 4.69) is 6.58 Å². The lowest BCUT2D eigenvalue weighted by atomic mass is 10.2. The number of nitrogens with one attached hydrogen (secondary N) is 1. The van der Waals surface area contributed by atoms with Crippen LogP contribution in [0, 0.1) is 5.41 Å². The second kappa shape index (κ2) is 4.74. The summed E-state index contributed by atoms with van der Waals surface area (Å²) in [4.78, 5) is 0. The minimum atomic E-state index is 0.515. The van der Waals surface area contributed by atoms with Gasteiger partial charge in [-0.2, -0.15) is 0 Å². The maximum absolute atomic E-state index is 7.16. The average molecular weight is 135 g/mol. The van der Waals surface area contributed by atoms with Gasteiger partial charge in [-0.3, -0.25) is 0 Å². The summed E-state index contributed by atoms with van der Waals surface area (Å²) >= 11 is 0. The first kappa shape index (κ1) is 8.89. The first-order chi connectivity index (χ1) is 4.68. The Morgan fingerprint density at radius 3 is 2.40 bits per heavy atom. The van der Waals surface area contributed by atoms with Crippen molar-refractivity contribution in [2.45, 2.75) is 13.8 Å². The van der Waals surface area contributed by atoms with E-state index in [9.17, 15) is 0 Å². The number of hydrogen-bond donors (Lipinski definition) is 1. The molecule has 0 atom stereocenters. The van der Waals surface area contributed by atoms with Gasteiger partial charge >= 0.3 is 0 Å². The predicted molar refractivity (Wildman–Crippen MR) is 46.5 cm³/mol. The zero-order chi connectivity index (χ0) is 7.98. The molecule has 0 spiro atoms. The molecule has 0 saturated heterocycles. The molecule has 0 bridgehead atoms. The smallest absolute Gasteiger partial charge is 0.0349 e. The first-order valence-corrected chi connectivity index (χ1v) is 3.22. The second-order valence-corrected chi connectivity index (χ2v) is 2.04. The van der Waals surface area contributed by atoms with Crippen LogP contribution in [-0.4, -0.2) is 5.71 Å². The van der Waals surface area contributed by atoms with Gasteiger partial charge in [0.05, 0.1) is 0 Å². The molecule has 10 heavy (non-hydrogen) atoms. The maximum atomic E-state index is 7.16. The Bertz CT molecular complexity index is 185. The van der Waals surface area contributed by atoms with E-state index in [4.69, 9.17) is 5.41 Å². The Kier molecular flexibility index (Phi) is 4.21. The maximum Gasteiger partial charge on any atom is 0.0349 e. The molecule has 0 aliphatic heterocycles. The minimum absolute atomic E-state index is 0.515. The van der Waals surface area contributed by atoms with Crippen molar-refractivity contribution in [2.24, 2.45) is 0 Å². The normalized spacial score (nSPS) is 11.0. The highest BCUT2D eigenvalue weighted by molar-refractivity contribution is 5.97. The van der Waals surface area contributed by atoms with Gasteiger partial charge in [-0.15, -0.1) is 0 Å². The van der Waals surface area contributed by atoms with Gasteiger partial charge in [0.15, 0.2) is 0 Å². The van der Waals surface area contributed by atoms with Crippen LogP contribution in [0.15, 0.2) is 36.5 Å². The van der Waals surface area contributed by atoms with Crippen LogP contribution in [0.1, 0.15) is 13.8 Å². The fourth-order valence-electron chi connectivity index (χ4n) is 0.408. The molecule has 0 aromatic rings. The van der Waals surface area contributed by atoms with Crippen LogP contribution >= 0.6 is 0 Å². The van der Waals surface area contributed by atoms with E-state index in [0.29, 0.717) is 5.71 Å². The molecule has 0 heterocycles. The summed E-state index contributed by atoms with van der Waals surface area (Å²) in [5.41, 5.74) is 1.28. The van der Waals surface area contributed by atoms with Crippen molar-refractivity contribution in [1.82, 2.24) is 0 Å². The Morgan fingerprint density at radius 1 is 1.40 bits per heavy atom. The average Bonchev–Trinajstić information content (AvgIpc) is 1.88. The first-order valence-electron chi connectivity index (χ1n) is 3.22. The predicted octanol–water partition coefficient (Wildman–Crippen LogP) is 2.71. The zero-order valence-corrected chi connectivity index (χ0v) is 6.52. The number of rotatable bonds is 3. The number of allylic oxidation sites excluding steroid dienone is 5. The quantitative estimate of drug-likeness (QED) is 0.454. The molecule has 54 valence electrons. The van der Waals surface area contributed by atoms with E-state index in [0.717, 1.165) is 5.57 Å². The minimum Gasteiger partial charge on any atom is -0.305 e. The summed E-state index contributed by atoms with van der Waals surface area (Å²) in [5.74, 6) is 0. The van der Waals surface area contributed by atoms with Gasteiger partial charge in [0, 0.05) is 5.71 Å². The third kappa shape index (κ3) is 3.84. The molecule has 0 amide bonds. The van der Waals surface area contributed by atoms with Gasteiger partial charge in [0.25, 0.3) is 0 Å². The lowest BCUT2D eigenvalue weighted by Gasteiger charge is -1.90. The van der Waals surface area contributed by atoms with Crippen molar-refractivity contribution in [1.29, 1.82) is 5.41 Å². The molecule has 0 aliphatic rings. The Balaban J connectivity index is 3.90. The molecule has 1 N–H and O–H groups in total. The van der Waals surface area contributed by atoms with E-state index < -0.39 is 0 Å². The summed E-state index contributed by atoms with van der Waals surface area (Å²) < 4.78 is 0. The third-order valence-electron chi connectivity index (χ3n) is 1.08. The Morgan fingerprint density at radius 2 is 2.00 bits per heavy atom. The standard InChI is InChI=1S/C9H13N/c1-4-5-6-7-8(2)9(3)10/h4-7,10H,2H2,1,3H3/b5-4-,7-6-,10-9?. The molecule has 0 aromatic heterocycles. The molecule has 0 fully saturated rings. The zero-order valence-electron chi connectivity index (χ0n) is 6.52. The van der Waals surface area contributed by atoms with Crippen LogP contribution in [0.5, 0.6) is 0 Å². The van der Waals surface area contributed by atoms with Crippen LogP contribution in [0.3, 0.4) is 0 Å². The highest BCUT2D eigenvalue weighted by Gasteiger charge is 1.86. The summed E-state index contributed by atoms with van der Waals surface area (Å²) in [6.45, 7) is 7.35. The summed E-state index contributed by atoms with van der Waals surface area (Å²) in [7, 11) is 0. The van der Waals surface area contributed by atoms with Gasteiger partial charge in [-0.1, -0.05) is 30.9 Å². The molecule has 0 radical (unpaired) electrons. The van der Waals surface area contributed by atoms with Crippen molar-refractivity contribution < 1.29 is 0 Å². The lowest BCUT2D eigenvalue weighted by molar-refractivity contribution is 1.47. The molecule has 0 rings (SSSR count). The molecular weight excluding hydrogens is 122 g/mol. The molecule has 0 aliphatic carbocycles. The summed E-state index contributed by atoms with van der Waals surface area (Å²) in [6.07, 6.45) is 7.54. The van der Waals surface area contributed by atoms with E-state index in [-0.39, 0.29) is 0 Å². The molecule has 0 saturated carbocycles. The van der Waals surface area contributed by atoms with Crippen molar-refractivity contribution in [3.8, 4) is 0 Å². The van der Waals surface area contributed by atoms with Crippen LogP contribution in [0.2, 0.25) is 0 Å². The Labute approximate surface area is 62.3 Å². The molecule has 1 nitrogen and oxygen atoms in total. The summed E-state index contributed by atoms with van der Waals surface area (Å²) in [5, 5.41) is 7.16. The third-order valence-corrected chi connectivity index (χ3v) is 1.08. The topological polar surface area (TPSA) is 23.9 Å². The van der Waals surface area contributed by atoms with Gasteiger partial charge in [0.1, 0.15) is 0 Å². The second-order valence-electron chi connectivity index (χ2n) is 2.04. The molecule has 0 aromatic carbocycles. The fourth-order valence-corrected chi connectivity index (χ4v) is 0.408. The molecule has 1 heteroatoms. The van der Waals surface area contributed by atoms with E-state index in [1.807, 2.05) is 31.2 Å². The van der Waals surface area contributed by atoms with Crippen LogP contribution in [0.4, 0.5) is 0 Å². The fraction of sp³-hybridized carbons (Fsp3) is 0.222. The van der Waals surface area contributed by atoms with Crippen LogP contribution in [0.25, 0.3) is 0 Å². The lowest BCUT2D eigenvalue weighted by Crippen LogP contribution is -1.87. The van der Waals surface area contributed by atoms with Crippen molar-refractivity contribution in [2.75, 3.05) is 0 Å². The van der Waals surface area contributed by atoms with Gasteiger partial charge in [-0.05, 0) is 19.4 Å². The van der Waals surface area contributed by atoms with Crippen LogP contribution in [-0.2, 0) is 0 Å². The van der Waals surface area contributed by atoms with Crippen LogP contribution < -0.4 is 0 Å². The highest BCUT2D eigenvalue weighted by atomic mass is 14.4. The molecule has 0 unspecified atom stereocenters. The summed E-state index contributed by atoms with van der Waals surface area (Å²) in [6, 6.07) is 0. The largest absolute Gasteiger partial charge is 0.305 e. The van der Waals surface area contributed by atoms with E-state index in [1.54, 1.807) is 6.92 Å². The van der Waals surface area contributed by atoms with Gasteiger partial charge in [0.2, 0.25) is 0 Å². The van der Waals surface area contributed by atoms with Gasteiger partial charge in [-0.25, -0.2) is 0 Å². The highest BCUT2D eigenvalue weighted by Crippen LogP contribution is 1.94. The van der Waals surface area contributed by atoms with Gasteiger partial charge < -0.3 is 5.41 Å².